The van der Waals surface area contributed by atoms with Gasteiger partial charge in [-0.1, -0.05) is 11.2 Å². The summed E-state index contributed by atoms with van der Waals surface area (Å²) in [5.41, 5.74) is 2.97. The van der Waals surface area contributed by atoms with Gasteiger partial charge in [0.15, 0.2) is 0 Å². The molecule has 0 aromatic carbocycles. The van der Waals surface area contributed by atoms with E-state index in [2.05, 4.69) is 25.2 Å². The summed E-state index contributed by atoms with van der Waals surface area (Å²) >= 11 is 0. The van der Waals surface area contributed by atoms with Crippen LogP contribution in [0.4, 0.5) is 0 Å². The summed E-state index contributed by atoms with van der Waals surface area (Å²) in [6.45, 7) is 3.33. The number of nitrogens with zero attached hydrogens (tertiary/aromatic N) is 7. The molecule has 4 aromatic rings. The number of carbonyl (C=O) groups is 1. The van der Waals surface area contributed by atoms with Gasteiger partial charge >= 0.3 is 0 Å². The number of aryl methyl sites for hydroxylation is 1. The Bertz CT molecular complexity index is 1170. The molecule has 4 aromatic heterocycles. The molecular weight excluding hydrogens is 370 g/mol. The molecule has 0 aliphatic carbocycles. The number of amides is 1. The number of piperidine rings is 1. The minimum Gasteiger partial charge on any atom is -0.339 e. The highest BCUT2D eigenvalue weighted by Crippen LogP contribution is 2.24. The van der Waals surface area contributed by atoms with Gasteiger partial charge in [-0.25, -0.2) is 14.5 Å². The Morgan fingerprint density at radius 1 is 1.03 bits per heavy atom. The summed E-state index contributed by atoms with van der Waals surface area (Å²) in [5.74, 6) is 1.23. The van der Waals surface area contributed by atoms with Crippen LogP contribution < -0.4 is 0 Å². The number of carbonyl (C=O) groups excluding carboxylic acids is 1. The van der Waals surface area contributed by atoms with Crippen LogP contribution in [0.25, 0.3) is 28.4 Å². The second kappa shape index (κ2) is 7.08. The van der Waals surface area contributed by atoms with Gasteiger partial charge in [-0.3, -0.25) is 4.79 Å². The molecule has 146 valence electrons. The average Bonchev–Trinajstić information content (AvgIpc) is 3.40. The van der Waals surface area contributed by atoms with Crippen molar-refractivity contribution >= 4 is 11.4 Å². The van der Waals surface area contributed by atoms with E-state index in [4.69, 9.17) is 4.52 Å². The van der Waals surface area contributed by atoms with Crippen LogP contribution in [0.5, 0.6) is 0 Å². The summed E-state index contributed by atoms with van der Waals surface area (Å²) in [4.78, 5) is 27.7. The molecule has 0 spiro atoms. The van der Waals surface area contributed by atoms with Crippen molar-refractivity contribution in [3.8, 4) is 22.9 Å². The Labute approximate surface area is 166 Å². The zero-order chi connectivity index (χ0) is 19.8. The highest BCUT2D eigenvalue weighted by molar-refractivity contribution is 6.01. The normalized spacial score (nSPS) is 14.4. The monoisotopic (exact) mass is 389 g/mol. The van der Waals surface area contributed by atoms with Crippen molar-refractivity contribution in [2.45, 2.75) is 26.2 Å². The summed E-state index contributed by atoms with van der Waals surface area (Å²) in [6.07, 6.45) is 8.32. The Kier molecular flexibility index (Phi) is 4.27. The standard InChI is InChI=1S/C20H19N7O2/c1-13-24-19(25-29-13)18-21-10-14(11-22-18)16-6-5-7-17-15(12-23-27(16)17)20(28)26-8-3-2-4-9-26/h5-7,10-12H,2-4,8-9H2,1H3. The van der Waals surface area contributed by atoms with E-state index < -0.39 is 0 Å². The van der Waals surface area contributed by atoms with Gasteiger partial charge < -0.3 is 9.42 Å². The average molecular weight is 389 g/mol. The highest BCUT2D eigenvalue weighted by Gasteiger charge is 2.22. The lowest BCUT2D eigenvalue weighted by molar-refractivity contribution is 0.0726. The Morgan fingerprint density at radius 2 is 1.83 bits per heavy atom. The minimum atomic E-state index is 0.0379. The lowest BCUT2D eigenvalue weighted by Crippen LogP contribution is -2.35. The summed E-state index contributed by atoms with van der Waals surface area (Å²) < 4.78 is 6.73. The molecule has 0 unspecified atom stereocenters. The topological polar surface area (TPSA) is 102 Å². The second-order valence-corrected chi connectivity index (χ2v) is 7.05. The molecule has 9 nitrogen and oxygen atoms in total. The van der Waals surface area contributed by atoms with Crippen molar-refractivity contribution in [3.05, 3.63) is 48.2 Å². The Morgan fingerprint density at radius 3 is 2.55 bits per heavy atom. The first kappa shape index (κ1) is 17.5. The van der Waals surface area contributed by atoms with E-state index in [-0.39, 0.29) is 5.91 Å². The van der Waals surface area contributed by atoms with Crippen LogP contribution in [0.15, 0.2) is 41.3 Å². The maximum absolute atomic E-state index is 13.0. The van der Waals surface area contributed by atoms with Crippen molar-refractivity contribution in [1.82, 2.24) is 34.6 Å². The SMILES string of the molecule is Cc1nc(-c2ncc(-c3cccc4c(C(=O)N5CCCCC5)cnn34)cn2)no1. The molecule has 0 bridgehead atoms. The van der Waals surface area contributed by atoms with E-state index in [9.17, 15) is 4.79 Å². The zero-order valence-corrected chi connectivity index (χ0v) is 15.9. The van der Waals surface area contributed by atoms with Gasteiger partial charge in [0.05, 0.1) is 23.0 Å². The molecule has 1 aliphatic rings. The summed E-state index contributed by atoms with van der Waals surface area (Å²) in [6, 6.07) is 5.74. The van der Waals surface area contributed by atoms with Crippen LogP contribution in [-0.2, 0) is 0 Å². The number of aromatic nitrogens is 6. The third-order valence-corrected chi connectivity index (χ3v) is 5.09. The minimum absolute atomic E-state index is 0.0379. The summed E-state index contributed by atoms with van der Waals surface area (Å²) in [5, 5.41) is 8.30. The molecule has 5 rings (SSSR count). The lowest BCUT2D eigenvalue weighted by atomic mass is 10.1. The van der Waals surface area contributed by atoms with Crippen molar-refractivity contribution in [1.29, 1.82) is 0 Å². The fourth-order valence-corrected chi connectivity index (χ4v) is 3.63. The predicted octanol–water partition coefficient (Wildman–Crippen LogP) is 2.78. The number of fused-ring (bicyclic) bond motifs is 1. The van der Waals surface area contributed by atoms with Gasteiger partial charge in [-0.2, -0.15) is 10.1 Å². The maximum atomic E-state index is 13.0. The molecule has 29 heavy (non-hydrogen) atoms. The summed E-state index contributed by atoms with van der Waals surface area (Å²) in [7, 11) is 0. The smallest absolute Gasteiger partial charge is 0.257 e. The molecule has 0 atom stereocenters. The van der Waals surface area contributed by atoms with Crippen LogP contribution >= 0.6 is 0 Å². The van der Waals surface area contributed by atoms with E-state index in [0.717, 1.165) is 42.7 Å². The highest BCUT2D eigenvalue weighted by atomic mass is 16.5. The van der Waals surface area contributed by atoms with Gasteiger partial charge in [0.2, 0.25) is 17.5 Å². The van der Waals surface area contributed by atoms with Crippen LogP contribution in [0, 0.1) is 6.92 Å². The van der Waals surface area contributed by atoms with E-state index in [1.807, 2.05) is 23.1 Å². The molecule has 0 radical (unpaired) electrons. The molecule has 1 amide bonds. The molecule has 5 heterocycles. The van der Waals surface area contributed by atoms with Crippen molar-refractivity contribution < 1.29 is 9.32 Å². The van der Waals surface area contributed by atoms with Gasteiger partial charge in [0, 0.05) is 38.0 Å². The number of hydrogen-bond acceptors (Lipinski definition) is 7. The first-order valence-corrected chi connectivity index (χ1v) is 9.60. The van der Waals surface area contributed by atoms with E-state index in [0.29, 0.717) is 23.1 Å². The van der Waals surface area contributed by atoms with E-state index in [1.54, 1.807) is 30.0 Å². The predicted molar refractivity (Wildman–Crippen MR) is 104 cm³/mol. The fraction of sp³-hybridized carbons (Fsp3) is 0.300. The van der Waals surface area contributed by atoms with Crippen LogP contribution in [0.3, 0.4) is 0 Å². The molecule has 1 fully saturated rings. The maximum Gasteiger partial charge on any atom is 0.257 e. The Hall–Kier alpha value is -3.62. The molecule has 1 aliphatic heterocycles. The number of rotatable bonds is 3. The molecular formula is C20H19N7O2. The Balaban J connectivity index is 1.49. The van der Waals surface area contributed by atoms with E-state index >= 15 is 0 Å². The largest absolute Gasteiger partial charge is 0.339 e. The van der Waals surface area contributed by atoms with Crippen molar-refractivity contribution in [2.24, 2.45) is 0 Å². The van der Waals surface area contributed by atoms with E-state index in [1.165, 1.54) is 6.42 Å². The van der Waals surface area contributed by atoms with Gasteiger partial charge in [-0.05, 0) is 31.4 Å². The second-order valence-electron chi connectivity index (χ2n) is 7.05. The van der Waals surface area contributed by atoms with Crippen molar-refractivity contribution in [3.63, 3.8) is 0 Å². The van der Waals surface area contributed by atoms with Crippen LogP contribution in [0.1, 0.15) is 35.5 Å². The van der Waals surface area contributed by atoms with Gasteiger partial charge in [0.1, 0.15) is 0 Å². The first-order valence-electron chi connectivity index (χ1n) is 9.60. The number of likely N-dealkylation sites (tertiary alicyclic amines) is 1. The fourth-order valence-electron chi connectivity index (χ4n) is 3.63. The number of hydrogen-bond donors (Lipinski definition) is 0. The van der Waals surface area contributed by atoms with Crippen LogP contribution in [-0.4, -0.2) is 53.6 Å². The molecule has 1 saturated heterocycles. The van der Waals surface area contributed by atoms with Gasteiger partial charge in [-0.15, -0.1) is 0 Å². The van der Waals surface area contributed by atoms with Crippen molar-refractivity contribution in [2.75, 3.05) is 13.1 Å². The first-order chi connectivity index (χ1) is 14.2. The third-order valence-electron chi connectivity index (χ3n) is 5.09. The lowest BCUT2D eigenvalue weighted by Gasteiger charge is -2.26. The third kappa shape index (κ3) is 3.14. The quantitative estimate of drug-likeness (QED) is 0.531. The molecule has 0 N–H and O–H groups in total. The molecule has 0 saturated carbocycles. The van der Waals surface area contributed by atoms with Gasteiger partial charge in [0.25, 0.3) is 5.91 Å². The van der Waals surface area contributed by atoms with Crippen LogP contribution in [0.2, 0.25) is 0 Å². The zero-order valence-electron chi connectivity index (χ0n) is 15.9. The number of pyridine rings is 1. The molecule has 9 heteroatoms.